The van der Waals surface area contributed by atoms with E-state index >= 15 is 0 Å². The Morgan fingerprint density at radius 1 is 0.663 bits per heavy atom. The summed E-state index contributed by atoms with van der Waals surface area (Å²) < 4.78 is 102. The lowest BCUT2D eigenvalue weighted by Crippen LogP contribution is -2.54. The fourth-order valence-corrected chi connectivity index (χ4v) is 15.6. The number of carbonyl (C=O) groups excluding carboxylic acids is 3. The minimum atomic E-state index is -3.84. The zero-order valence-corrected chi connectivity index (χ0v) is 60.1. The monoisotopic (exact) mass is 1540 g/mol. The second kappa shape index (κ2) is 33.5. The predicted octanol–water partition coefficient (Wildman–Crippen LogP) is 11.0. The highest BCUT2D eigenvalue weighted by molar-refractivity contribution is 7.93. The van der Waals surface area contributed by atoms with Crippen molar-refractivity contribution in [2.24, 2.45) is 10.7 Å². The fourth-order valence-electron chi connectivity index (χ4n) is 11.3. The molecule has 3 saturated heterocycles. The molecular formula is C67H74Cl4FN15O10S4. The third-order valence-corrected chi connectivity index (χ3v) is 22.1. The molecule has 0 unspecified atom stereocenters. The van der Waals surface area contributed by atoms with Crippen molar-refractivity contribution in [3.05, 3.63) is 214 Å². The van der Waals surface area contributed by atoms with Crippen LogP contribution in [0, 0.1) is 5.82 Å². The first-order valence-corrected chi connectivity index (χ1v) is 37.5. The van der Waals surface area contributed by atoms with Crippen LogP contribution in [0.25, 0.3) is 10.9 Å². The Balaban J connectivity index is 0.000000243. The van der Waals surface area contributed by atoms with Crippen LogP contribution < -0.4 is 34.4 Å². The number of nitrogens with zero attached hydrogens (tertiary/aromatic N) is 11. The summed E-state index contributed by atoms with van der Waals surface area (Å²) in [5.41, 5.74) is 9.16. The highest BCUT2D eigenvalue weighted by Gasteiger charge is 2.30. The molecule has 5 N–H and O–H groups in total. The van der Waals surface area contributed by atoms with E-state index in [1.165, 1.54) is 73.4 Å². The van der Waals surface area contributed by atoms with Crippen LogP contribution in [0.3, 0.4) is 0 Å². The van der Waals surface area contributed by atoms with Crippen LogP contribution in [-0.4, -0.2) is 165 Å². The number of aromatic nitrogens is 5. The first-order chi connectivity index (χ1) is 48.3. The second-order valence-corrected chi connectivity index (χ2v) is 30.1. The average molecular weight is 1540 g/mol. The first kappa shape index (κ1) is 74.4. The van der Waals surface area contributed by atoms with Crippen LogP contribution >= 0.6 is 58.6 Å². The number of piperazine rings is 2. The molecule has 536 valence electrons. The van der Waals surface area contributed by atoms with Gasteiger partial charge in [0.15, 0.2) is 6.61 Å². The maximum absolute atomic E-state index is 13.2. The number of benzene rings is 6. The number of carbonyl (C=O) groups is 3. The van der Waals surface area contributed by atoms with Gasteiger partial charge in [0.05, 0.1) is 47.2 Å². The van der Waals surface area contributed by atoms with Gasteiger partial charge in [-0.3, -0.25) is 23.8 Å². The van der Waals surface area contributed by atoms with Crippen LogP contribution in [0.2, 0.25) is 20.1 Å². The van der Waals surface area contributed by atoms with Gasteiger partial charge in [0, 0.05) is 123 Å². The number of amides is 3. The van der Waals surface area contributed by atoms with Gasteiger partial charge in [0.1, 0.15) is 30.3 Å². The quantitative estimate of drug-likeness (QED) is 0.0374. The summed E-state index contributed by atoms with van der Waals surface area (Å²) in [4.78, 5) is 67.2. The van der Waals surface area contributed by atoms with Gasteiger partial charge in [-0.1, -0.05) is 70.7 Å². The molecule has 0 spiro atoms. The van der Waals surface area contributed by atoms with E-state index in [-0.39, 0.29) is 85.1 Å². The number of para-hydroxylation sites is 1. The number of halogens is 5. The number of thiocarbonyl (C=S) groups is 1. The van der Waals surface area contributed by atoms with Gasteiger partial charge in [-0.25, -0.2) is 59.3 Å². The highest BCUT2D eigenvalue weighted by Crippen LogP contribution is 2.32. The van der Waals surface area contributed by atoms with E-state index in [0.717, 1.165) is 47.0 Å². The number of piperidine rings is 1. The minimum absolute atomic E-state index is 0. The summed E-state index contributed by atoms with van der Waals surface area (Å²) in [6.45, 7) is 7.30. The molecule has 9 aromatic rings. The first-order valence-electron chi connectivity index (χ1n) is 31.2. The summed E-state index contributed by atoms with van der Waals surface area (Å²) in [5, 5.41) is 2.13. The maximum Gasteiger partial charge on any atom is 0.264 e. The molecule has 3 aliphatic rings. The Labute approximate surface area is 614 Å². The average Bonchev–Trinajstić information content (AvgIpc) is 1.79. The van der Waals surface area contributed by atoms with Gasteiger partial charge in [-0.15, -0.1) is 0 Å². The number of sulfonamides is 3. The molecule has 0 saturated carbocycles. The lowest BCUT2D eigenvalue weighted by Gasteiger charge is -2.41. The molecule has 101 heavy (non-hydrogen) atoms. The zero-order chi connectivity index (χ0) is 72.0. The van der Waals surface area contributed by atoms with E-state index in [2.05, 4.69) is 48.9 Å². The molecule has 0 radical (unpaired) electrons. The van der Waals surface area contributed by atoms with E-state index < -0.39 is 35.9 Å². The van der Waals surface area contributed by atoms with Gasteiger partial charge in [0.25, 0.3) is 41.9 Å². The number of anilines is 4. The van der Waals surface area contributed by atoms with Crippen molar-refractivity contribution in [3.8, 4) is 5.75 Å². The SMILES string of the molecule is C[C@H]1CN(c2ccc(S(=O)(=O)Nc3ccncn3)cc2)CCN1C(=O)Cn1ccc2cccc(Cl)c21.NC=NC(=S)NS(=O)(=O)c1ccc(C2CCN(C(=O)COc3ccc(F)c(Cl)c3)CC2)cc1.O=C(c1ccc(Cl)cc1Cl)N1CCN(c2ccc(S(=O)(=O)Nc3ncccn3)cc2)CC1.[HH].[HH].[HH].[HH]. The molecule has 6 aromatic carbocycles. The Hall–Kier alpha value is -9.27. The number of fused-ring (bicyclic) bond motifs is 1. The number of nitrogens with one attached hydrogen (secondary N) is 3. The van der Waals surface area contributed by atoms with E-state index in [9.17, 15) is 44.0 Å². The fraction of sp³-hybridized carbons (Fsp3) is 0.239. The standard InChI is InChI=1S/C25H25ClN6O3S.C21H19Cl2N5O3S.C21H22ClFN4O4S2.4H2/c1-18-15-30(20-5-7-21(8-6-20)36(34,35)29-23-9-11-27-17-28-23)13-14-32(18)24(33)16-31-12-10-19-3-2-4-22(26)25(19)31;22-15-2-7-18(19(23)14-15)20(29)28-12-10-27(11-13-28)16-3-5-17(6-4-16)32(30,31)26-21-24-8-1-9-25-21;22-18-11-16(3-6-19(18)23)31-12-20(28)27-9-7-15(8-10-27)14-1-4-17(5-2-14)33(29,30)26-21(32)25-13-24;;;;/h2-12,17-18H,13-16H2,1H3,(H,27,28,29);1-9,14H,10-13H2,(H,24,25,26);1-6,11,13,15H,7-10,12H2,(H3,24,25,26,32);4*1H/t18-;;;;;;/m0....../s1. The maximum atomic E-state index is 13.2. The normalized spacial score (nSPS) is 15.2. The van der Waals surface area contributed by atoms with Crippen LogP contribution in [0.15, 0.2) is 196 Å². The molecule has 0 bridgehead atoms. The lowest BCUT2D eigenvalue weighted by molar-refractivity contribution is -0.135. The van der Waals surface area contributed by atoms with Crippen molar-refractivity contribution in [3.63, 3.8) is 0 Å². The van der Waals surface area contributed by atoms with Gasteiger partial charge in [-0.2, -0.15) is 0 Å². The lowest BCUT2D eigenvalue weighted by atomic mass is 9.89. The van der Waals surface area contributed by atoms with Gasteiger partial charge >= 0.3 is 0 Å². The van der Waals surface area contributed by atoms with Crippen molar-refractivity contribution < 1.29 is 54.5 Å². The Morgan fingerprint density at radius 2 is 1.30 bits per heavy atom. The molecule has 0 aliphatic carbocycles. The van der Waals surface area contributed by atoms with Crippen molar-refractivity contribution in [1.29, 1.82) is 0 Å². The summed E-state index contributed by atoms with van der Waals surface area (Å²) in [6.07, 6.45) is 9.93. The van der Waals surface area contributed by atoms with Crippen LogP contribution in [0.4, 0.5) is 27.5 Å². The van der Waals surface area contributed by atoms with Gasteiger partial charge in [0.2, 0.25) is 17.0 Å². The number of likely N-dealkylation sites (tertiary alicyclic amines) is 1. The largest absolute Gasteiger partial charge is 0.484 e. The molecular weight excluding hydrogens is 1460 g/mol. The van der Waals surface area contributed by atoms with E-state index in [4.69, 9.17) is 69.1 Å². The summed E-state index contributed by atoms with van der Waals surface area (Å²) >= 11 is 29.0. The minimum Gasteiger partial charge on any atom is -0.484 e. The molecule has 3 amide bonds. The van der Waals surface area contributed by atoms with E-state index in [0.29, 0.717) is 85.3 Å². The van der Waals surface area contributed by atoms with Crippen molar-refractivity contribution >= 4 is 152 Å². The molecule has 25 nitrogen and oxygen atoms in total. The Bertz CT molecular complexity index is 4840. The summed E-state index contributed by atoms with van der Waals surface area (Å²) in [5.74, 6) is -0.0832. The van der Waals surface area contributed by atoms with Gasteiger partial charge < -0.3 is 39.5 Å². The number of rotatable bonds is 17. The molecule has 34 heteroatoms. The molecule has 3 aromatic heterocycles. The van der Waals surface area contributed by atoms with Gasteiger partial charge in [-0.05, 0) is 159 Å². The Kier molecular flexibility index (Phi) is 24.7. The van der Waals surface area contributed by atoms with Crippen molar-refractivity contribution in [1.82, 2.24) is 43.9 Å². The molecule has 12 rings (SSSR count). The highest BCUT2D eigenvalue weighted by atomic mass is 35.5. The van der Waals surface area contributed by atoms with Crippen molar-refractivity contribution in [2.45, 2.75) is 53.0 Å². The zero-order valence-electron chi connectivity index (χ0n) is 53.8. The smallest absolute Gasteiger partial charge is 0.264 e. The third kappa shape index (κ3) is 19.4. The summed E-state index contributed by atoms with van der Waals surface area (Å²) in [7, 11) is -11.4. The number of ether oxygens (including phenoxy) is 1. The molecule has 1 atom stereocenters. The molecule has 6 heterocycles. The van der Waals surface area contributed by atoms with Crippen molar-refractivity contribution in [2.75, 3.05) is 84.8 Å². The van der Waals surface area contributed by atoms with E-state index in [1.807, 2.05) is 46.9 Å². The number of aliphatic imine (C=N–C) groups is 1. The molecule has 3 fully saturated rings. The van der Waals surface area contributed by atoms with Crippen LogP contribution in [0.5, 0.6) is 5.75 Å². The number of hydrogen-bond donors (Lipinski definition) is 4. The van der Waals surface area contributed by atoms with E-state index in [1.54, 1.807) is 82.6 Å². The number of nitrogens with two attached hydrogens (primary N) is 1. The number of hydrogen-bond acceptors (Lipinski definition) is 17. The van der Waals surface area contributed by atoms with Crippen LogP contribution in [0.1, 0.15) is 47.3 Å². The van der Waals surface area contributed by atoms with Crippen LogP contribution in [-0.2, 0) is 46.2 Å². The predicted molar refractivity (Wildman–Crippen MR) is 399 cm³/mol. The Morgan fingerprint density at radius 3 is 1.92 bits per heavy atom. The summed E-state index contributed by atoms with van der Waals surface area (Å²) in [6, 6.07) is 39.3. The third-order valence-electron chi connectivity index (χ3n) is 16.5. The topological polar surface area (TPSA) is 310 Å². The second-order valence-electron chi connectivity index (χ2n) is 23.1. The molecule has 3 aliphatic heterocycles.